The van der Waals surface area contributed by atoms with Gasteiger partial charge in [-0.05, 0) is 0 Å². The third-order valence-corrected chi connectivity index (χ3v) is 0. The summed E-state index contributed by atoms with van der Waals surface area (Å²) in [5.74, 6) is 0. The Hall–Kier alpha value is 6.00. The van der Waals surface area contributed by atoms with Gasteiger partial charge in [0.2, 0.25) is 0 Å². The van der Waals surface area contributed by atoms with Gasteiger partial charge in [0.05, 0.1) is 0 Å². The van der Waals surface area contributed by atoms with Crippen LogP contribution in [0.2, 0.25) is 0 Å². The van der Waals surface area contributed by atoms with Gasteiger partial charge in [0, 0.05) is 177 Å². The van der Waals surface area contributed by atoms with E-state index in [1.807, 2.05) is 0 Å². The maximum Gasteiger partial charge on any atom is 0 e. The van der Waals surface area contributed by atoms with Gasteiger partial charge in [0.25, 0.3) is 0 Å². The molecule has 0 bridgehead atoms. The summed E-state index contributed by atoms with van der Waals surface area (Å²) in [5.41, 5.74) is 0. The predicted molar refractivity (Wildman–Crippen MR) is 34.5 cm³/mol. The molecule has 0 rings (SSSR count). The van der Waals surface area contributed by atoms with Crippen LogP contribution in [0.4, 0.5) is 0 Å². The first kappa shape index (κ1) is 40.3. The zero-order chi connectivity index (χ0) is 0. The molecule has 0 heterocycles. The third-order valence-electron chi connectivity index (χ3n) is 0. The smallest absolute Gasteiger partial charge is 0 e. The molecule has 0 saturated heterocycles. The molecule has 0 amide bonds. The second-order valence-corrected chi connectivity index (χ2v) is 0. The molecule has 0 aliphatic rings. The molecule has 6 heavy (non-hydrogen) atoms. The van der Waals surface area contributed by atoms with Crippen molar-refractivity contribution in [3.05, 3.63) is 0 Å². The van der Waals surface area contributed by atoms with Crippen LogP contribution >= 0.6 is 0 Å². The number of hydrogen-bond donors (Lipinski definition) is 0. The first-order valence-electron chi connectivity index (χ1n) is 0. The Balaban J connectivity index is 0. The van der Waals surface area contributed by atoms with Gasteiger partial charge in [0.1, 0.15) is 0 Å². The fourth-order valence-corrected chi connectivity index (χ4v) is 0. The summed E-state index contributed by atoms with van der Waals surface area (Å²) < 4.78 is 0. The van der Waals surface area contributed by atoms with E-state index in [4.69, 9.17) is 0 Å². The number of rotatable bonds is 0. The van der Waals surface area contributed by atoms with Crippen molar-refractivity contribution in [2.45, 2.75) is 0 Å². The average Bonchev–Trinajstić information content (AvgIpc) is 0. The summed E-state index contributed by atoms with van der Waals surface area (Å²) in [6.07, 6.45) is 0. The molecular weight excluding hydrogens is 138 g/mol. The molecule has 6 valence electrons. The summed E-state index contributed by atoms with van der Waals surface area (Å²) in [7, 11) is 0. The Morgan fingerprint density at radius 1 is 0.167 bits per heavy atom. The molecule has 0 aromatic carbocycles. The van der Waals surface area contributed by atoms with Crippen molar-refractivity contribution < 1.29 is 0 Å². The minimum absolute atomic E-state index is 0. The maximum absolute atomic E-state index is 0. The van der Waals surface area contributed by atoms with Crippen molar-refractivity contribution in [2.24, 2.45) is 0 Å². The largest absolute Gasteiger partial charge is 0 e. The van der Waals surface area contributed by atoms with Crippen LogP contribution in [0.3, 0.4) is 0 Å². The van der Waals surface area contributed by atoms with Crippen LogP contribution in [0.1, 0.15) is 0 Å². The van der Waals surface area contributed by atoms with Crippen molar-refractivity contribution in [3.63, 3.8) is 0 Å². The van der Waals surface area contributed by atoms with E-state index in [9.17, 15) is 0 Å². The standard InChI is InChI=1S/6Na. The topological polar surface area (TPSA) is 0 Å². The normalized spacial score (nSPS) is 0. The van der Waals surface area contributed by atoms with Crippen LogP contribution in [-0.4, -0.2) is 177 Å². The summed E-state index contributed by atoms with van der Waals surface area (Å²) in [6.45, 7) is 0. The van der Waals surface area contributed by atoms with Gasteiger partial charge < -0.3 is 0 Å². The Labute approximate surface area is 172 Å². The fourth-order valence-electron chi connectivity index (χ4n) is 0. The van der Waals surface area contributed by atoms with Crippen molar-refractivity contribution in [2.75, 3.05) is 0 Å². The second-order valence-electron chi connectivity index (χ2n) is 0. The quantitative estimate of drug-likeness (QED) is 0.330. The van der Waals surface area contributed by atoms with Gasteiger partial charge in [-0.2, -0.15) is 0 Å². The molecule has 0 fully saturated rings. The SMILES string of the molecule is [Na].[Na].[Na].[Na].[Na].[Na]. The molecule has 0 spiro atoms. The van der Waals surface area contributed by atoms with Crippen LogP contribution in [-0.2, 0) is 0 Å². The van der Waals surface area contributed by atoms with Crippen molar-refractivity contribution in [3.8, 4) is 0 Å². The molecule has 0 aromatic rings. The van der Waals surface area contributed by atoms with Gasteiger partial charge in [-0.3, -0.25) is 0 Å². The van der Waals surface area contributed by atoms with Crippen LogP contribution < -0.4 is 0 Å². The molecular formula is Na6. The van der Waals surface area contributed by atoms with E-state index in [1.165, 1.54) is 0 Å². The molecule has 0 unspecified atom stereocenters. The maximum atomic E-state index is 0. The molecule has 0 atom stereocenters. The fraction of sp³-hybridized carbons (Fsp3) is 0. The molecule has 6 heteroatoms. The Kier molecular flexibility index (Phi) is 205. The van der Waals surface area contributed by atoms with Crippen molar-refractivity contribution in [1.82, 2.24) is 0 Å². The second kappa shape index (κ2) is 30.6. The van der Waals surface area contributed by atoms with Crippen LogP contribution in [0.25, 0.3) is 0 Å². The van der Waals surface area contributed by atoms with Crippen molar-refractivity contribution in [1.29, 1.82) is 0 Å². The van der Waals surface area contributed by atoms with Gasteiger partial charge in [0.15, 0.2) is 0 Å². The van der Waals surface area contributed by atoms with E-state index < -0.39 is 0 Å². The van der Waals surface area contributed by atoms with Gasteiger partial charge in [-0.15, -0.1) is 0 Å². The predicted octanol–water partition coefficient (Wildman–Crippen LogP) is -2.28. The first-order valence-corrected chi connectivity index (χ1v) is 0. The third kappa shape index (κ3) is 22.5. The van der Waals surface area contributed by atoms with E-state index in [0.717, 1.165) is 0 Å². The molecule has 0 nitrogen and oxygen atoms in total. The summed E-state index contributed by atoms with van der Waals surface area (Å²) in [4.78, 5) is 0. The van der Waals surface area contributed by atoms with Gasteiger partial charge in [-0.25, -0.2) is 0 Å². The Morgan fingerprint density at radius 2 is 0.167 bits per heavy atom. The molecule has 0 aliphatic heterocycles. The van der Waals surface area contributed by atoms with Crippen molar-refractivity contribution >= 4 is 177 Å². The van der Waals surface area contributed by atoms with E-state index in [2.05, 4.69) is 0 Å². The molecule has 0 aliphatic carbocycles. The minimum Gasteiger partial charge on any atom is 0 e. The van der Waals surface area contributed by atoms with Crippen LogP contribution in [0.5, 0.6) is 0 Å². The first-order chi connectivity index (χ1) is 0. The zero-order valence-corrected chi connectivity index (χ0v) is 18.0. The molecule has 6 radical (unpaired) electrons. The average molecular weight is 138 g/mol. The Morgan fingerprint density at radius 3 is 0.167 bits per heavy atom. The molecule has 0 N–H and O–H groups in total. The van der Waals surface area contributed by atoms with Crippen LogP contribution in [0, 0.1) is 0 Å². The molecule has 0 saturated carbocycles. The zero-order valence-electron chi connectivity index (χ0n) is 6.00. The van der Waals surface area contributed by atoms with E-state index in [0.29, 0.717) is 0 Å². The van der Waals surface area contributed by atoms with Gasteiger partial charge in [-0.1, -0.05) is 0 Å². The summed E-state index contributed by atoms with van der Waals surface area (Å²) in [6, 6.07) is 0. The monoisotopic (exact) mass is 138 g/mol. The van der Waals surface area contributed by atoms with E-state index >= 15 is 0 Å². The minimum atomic E-state index is 0. The molecule has 0 aromatic heterocycles. The summed E-state index contributed by atoms with van der Waals surface area (Å²) >= 11 is 0. The number of hydrogen-bond acceptors (Lipinski definition) is 0. The Bertz CT molecular complexity index is 0. The van der Waals surface area contributed by atoms with Gasteiger partial charge >= 0.3 is 0 Å². The van der Waals surface area contributed by atoms with E-state index in [-0.39, 0.29) is 177 Å². The summed E-state index contributed by atoms with van der Waals surface area (Å²) in [5, 5.41) is 0. The van der Waals surface area contributed by atoms with E-state index in [1.54, 1.807) is 0 Å². The van der Waals surface area contributed by atoms with Crippen LogP contribution in [0.15, 0.2) is 0 Å².